The van der Waals surface area contributed by atoms with E-state index in [0.29, 0.717) is 5.71 Å². The second-order valence-corrected chi connectivity index (χ2v) is 5.28. The van der Waals surface area contributed by atoms with Gasteiger partial charge in [-0.1, -0.05) is 18.2 Å². The van der Waals surface area contributed by atoms with Crippen LogP contribution in [0.5, 0.6) is 5.75 Å². The predicted molar refractivity (Wildman–Crippen MR) is 87.1 cm³/mol. The van der Waals surface area contributed by atoms with Crippen molar-refractivity contribution in [3.8, 4) is 5.75 Å². The summed E-state index contributed by atoms with van der Waals surface area (Å²) in [7, 11) is 1.70. The average molecular weight is 303 g/mol. The van der Waals surface area contributed by atoms with E-state index in [2.05, 4.69) is 18.0 Å². The third-order valence-electron chi connectivity index (χ3n) is 4.01. The van der Waals surface area contributed by atoms with Crippen molar-refractivity contribution in [2.24, 2.45) is 0 Å². The molecule has 2 aromatic rings. The number of halogens is 1. The Morgan fingerprint density at radius 3 is 2.71 bits per heavy atom. The minimum atomic E-state index is 0. The van der Waals surface area contributed by atoms with E-state index < -0.39 is 0 Å². The molecule has 1 aromatic carbocycles. The SMILES string of the molecule is COc1ccccc1C1CC(=N)c2c(C)ccnc2C1.Cl. The fourth-order valence-corrected chi connectivity index (χ4v) is 3.06. The van der Waals surface area contributed by atoms with E-state index in [1.165, 1.54) is 5.56 Å². The lowest BCUT2D eigenvalue weighted by atomic mass is 9.80. The molecule has 0 amide bonds. The topological polar surface area (TPSA) is 46.0 Å². The highest BCUT2D eigenvalue weighted by Crippen LogP contribution is 2.36. The molecule has 0 fully saturated rings. The first-order chi connectivity index (χ1) is 9.70. The zero-order valence-corrected chi connectivity index (χ0v) is 13.0. The normalized spacial score (nSPS) is 16.9. The minimum absolute atomic E-state index is 0. The number of para-hydroxylation sites is 1. The van der Waals surface area contributed by atoms with Crippen LogP contribution in [0.25, 0.3) is 0 Å². The second kappa shape index (κ2) is 6.27. The molecule has 1 aromatic heterocycles. The van der Waals surface area contributed by atoms with Gasteiger partial charge in [0.25, 0.3) is 0 Å². The Hall–Kier alpha value is -1.87. The summed E-state index contributed by atoms with van der Waals surface area (Å²) in [6, 6.07) is 10.1. The molecule has 21 heavy (non-hydrogen) atoms. The summed E-state index contributed by atoms with van der Waals surface area (Å²) >= 11 is 0. The van der Waals surface area contributed by atoms with Crippen molar-refractivity contribution in [2.75, 3.05) is 7.11 Å². The van der Waals surface area contributed by atoms with Crippen LogP contribution in [0.15, 0.2) is 36.5 Å². The van der Waals surface area contributed by atoms with Gasteiger partial charge in [0, 0.05) is 17.5 Å². The van der Waals surface area contributed by atoms with Crippen molar-refractivity contribution in [2.45, 2.75) is 25.7 Å². The van der Waals surface area contributed by atoms with Gasteiger partial charge in [0.15, 0.2) is 0 Å². The fraction of sp³-hybridized carbons (Fsp3) is 0.294. The summed E-state index contributed by atoms with van der Waals surface area (Å²) in [6.45, 7) is 2.05. The highest BCUT2D eigenvalue weighted by molar-refractivity contribution is 6.02. The van der Waals surface area contributed by atoms with Crippen molar-refractivity contribution in [3.05, 3.63) is 58.9 Å². The van der Waals surface area contributed by atoms with Crippen LogP contribution in [0.4, 0.5) is 0 Å². The maximum atomic E-state index is 8.34. The summed E-state index contributed by atoms with van der Waals surface area (Å²) in [5.74, 6) is 1.18. The summed E-state index contributed by atoms with van der Waals surface area (Å²) in [6.07, 6.45) is 3.46. The molecule has 0 bridgehead atoms. The van der Waals surface area contributed by atoms with E-state index in [-0.39, 0.29) is 18.3 Å². The zero-order valence-electron chi connectivity index (χ0n) is 12.2. The Morgan fingerprint density at radius 1 is 1.19 bits per heavy atom. The molecule has 0 spiro atoms. The quantitative estimate of drug-likeness (QED) is 0.914. The van der Waals surface area contributed by atoms with E-state index in [4.69, 9.17) is 10.1 Å². The largest absolute Gasteiger partial charge is 0.496 e. The van der Waals surface area contributed by atoms with Crippen molar-refractivity contribution < 1.29 is 4.74 Å². The summed E-state index contributed by atoms with van der Waals surface area (Å²) in [4.78, 5) is 4.48. The molecule has 0 saturated carbocycles. The Bertz CT molecular complexity index is 670. The molecule has 1 N–H and O–H groups in total. The molecule has 4 heteroatoms. The molecular formula is C17H19ClN2O. The van der Waals surface area contributed by atoms with Gasteiger partial charge in [0.2, 0.25) is 0 Å². The Balaban J connectivity index is 0.00000161. The number of nitrogens with zero attached hydrogens (tertiary/aromatic N) is 1. The van der Waals surface area contributed by atoms with Gasteiger partial charge < -0.3 is 10.1 Å². The number of fused-ring (bicyclic) bond motifs is 1. The third-order valence-corrected chi connectivity index (χ3v) is 4.01. The molecule has 1 aliphatic rings. The molecule has 1 aliphatic carbocycles. The average Bonchev–Trinajstić information content (AvgIpc) is 2.47. The van der Waals surface area contributed by atoms with Gasteiger partial charge in [-0.15, -0.1) is 12.4 Å². The van der Waals surface area contributed by atoms with Gasteiger partial charge in [-0.05, 0) is 48.9 Å². The number of hydrogen-bond acceptors (Lipinski definition) is 3. The first kappa shape index (κ1) is 15.5. The number of aromatic nitrogens is 1. The predicted octanol–water partition coefficient (Wildman–Crippen LogP) is 3.92. The standard InChI is InChI=1S/C17H18N2O.ClH/c1-11-7-8-19-15-10-12(9-14(18)17(11)15)13-5-3-4-6-16(13)20-2;/h3-8,12,18H,9-10H2,1-2H3;1H. The first-order valence-electron chi connectivity index (χ1n) is 6.86. The van der Waals surface area contributed by atoms with Crippen LogP contribution < -0.4 is 4.74 Å². The minimum Gasteiger partial charge on any atom is -0.496 e. The molecule has 1 heterocycles. The lowest BCUT2D eigenvalue weighted by Gasteiger charge is -2.27. The number of pyridine rings is 1. The number of hydrogen-bond donors (Lipinski definition) is 1. The maximum absolute atomic E-state index is 8.34. The van der Waals surface area contributed by atoms with Crippen molar-refractivity contribution in [3.63, 3.8) is 0 Å². The van der Waals surface area contributed by atoms with Crippen molar-refractivity contribution >= 4 is 18.1 Å². The smallest absolute Gasteiger partial charge is 0.122 e. The van der Waals surface area contributed by atoms with Crippen LogP contribution in [0.3, 0.4) is 0 Å². The number of methoxy groups -OCH3 is 1. The Labute approximate surface area is 131 Å². The van der Waals surface area contributed by atoms with Gasteiger partial charge in [0.1, 0.15) is 5.75 Å². The monoisotopic (exact) mass is 302 g/mol. The van der Waals surface area contributed by atoms with E-state index >= 15 is 0 Å². The molecule has 0 radical (unpaired) electrons. The number of nitrogens with one attached hydrogen (secondary N) is 1. The van der Waals surface area contributed by atoms with Crippen molar-refractivity contribution in [1.82, 2.24) is 4.98 Å². The van der Waals surface area contributed by atoms with Gasteiger partial charge >= 0.3 is 0 Å². The summed E-state index contributed by atoms with van der Waals surface area (Å²) in [5.41, 5.74) is 5.09. The third kappa shape index (κ3) is 2.79. The van der Waals surface area contributed by atoms with Crippen LogP contribution in [-0.4, -0.2) is 17.8 Å². The highest BCUT2D eigenvalue weighted by Gasteiger charge is 2.27. The number of ether oxygens (including phenoxy) is 1. The summed E-state index contributed by atoms with van der Waals surface area (Å²) in [5, 5.41) is 8.34. The number of aryl methyl sites for hydroxylation is 1. The molecular weight excluding hydrogens is 284 g/mol. The van der Waals surface area contributed by atoms with E-state index in [1.54, 1.807) is 7.11 Å². The second-order valence-electron chi connectivity index (χ2n) is 5.28. The Morgan fingerprint density at radius 2 is 1.95 bits per heavy atom. The number of rotatable bonds is 2. The maximum Gasteiger partial charge on any atom is 0.122 e. The molecule has 0 aliphatic heterocycles. The van der Waals surface area contributed by atoms with Crippen LogP contribution in [0.1, 0.15) is 34.7 Å². The highest BCUT2D eigenvalue weighted by atomic mass is 35.5. The van der Waals surface area contributed by atoms with E-state index in [9.17, 15) is 0 Å². The first-order valence-corrected chi connectivity index (χ1v) is 6.86. The lowest BCUT2D eigenvalue weighted by Crippen LogP contribution is -2.21. The van der Waals surface area contributed by atoms with Crippen LogP contribution >= 0.6 is 12.4 Å². The molecule has 110 valence electrons. The lowest BCUT2D eigenvalue weighted by molar-refractivity contribution is 0.405. The van der Waals surface area contributed by atoms with Crippen LogP contribution in [-0.2, 0) is 6.42 Å². The van der Waals surface area contributed by atoms with E-state index in [0.717, 1.165) is 35.4 Å². The van der Waals surface area contributed by atoms with Gasteiger partial charge in [0.05, 0.1) is 12.8 Å². The van der Waals surface area contributed by atoms with Crippen molar-refractivity contribution in [1.29, 1.82) is 5.41 Å². The molecule has 1 atom stereocenters. The van der Waals surface area contributed by atoms with Gasteiger partial charge in [-0.25, -0.2) is 0 Å². The Kier molecular flexibility index (Phi) is 4.63. The molecule has 0 saturated heterocycles. The summed E-state index contributed by atoms with van der Waals surface area (Å²) < 4.78 is 5.45. The number of benzene rings is 1. The molecule has 3 nitrogen and oxygen atoms in total. The molecule has 1 unspecified atom stereocenters. The molecule has 3 rings (SSSR count). The van der Waals surface area contributed by atoms with Crippen LogP contribution in [0, 0.1) is 12.3 Å². The van der Waals surface area contributed by atoms with Crippen LogP contribution in [0.2, 0.25) is 0 Å². The fourth-order valence-electron chi connectivity index (χ4n) is 3.06. The van der Waals surface area contributed by atoms with Gasteiger partial charge in [-0.3, -0.25) is 4.98 Å². The van der Waals surface area contributed by atoms with Gasteiger partial charge in [-0.2, -0.15) is 0 Å². The zero-order chi connectivity index (χ0) is 14.1. The van der Waals surface area contributed by atoms with E-state index in [1.807, 2.05) is 30.5 Å².